The van der Waals surface area contributed by atoms with Crippen molar-refractivity contribution in [1.29, 1.82) is 0 Å². The topological polar surface area (TPSA) is 0 Å². The van der Waals surface area contributed by atoms with E-state index in [0.29, 0.717) is 0 Å². The van der Waals surface area contributed by atoms with Gasteiger partial charge in [0.1, 0.15) is 7.85 Å². The highest BCUT2D eigenvalue weighted by Gasteiger charge is 2.08. The smallest absolute Gasteiger partial charge is 0.0890 e. The largest absolute Gasteiger partial charge is 0.114 e. The first-order valence-electron chi connectivity index (χ1n) is 8.43. The Hall–Kier alpha value is -3.06. The van der Waals surface area contributed by atoms with Gasteiger partial charge in [-0.25, -0.2) is 0 Å². The molecule has 2 radical (unpaired) electrons. The van der Waals surface area contributed by atoms with Crippen molar-refractivity contribution in [1.82, 2.24) is 0 Å². The van der Waals surface area contributed by atoms with Gasteiger partial charge in [-0.15, -0.1) is 0 Å². The third-order valence-corrected chi connectivity index (χ3v) is 4.48. The van der Waals surface area contributed by atoms with Gasteiger partial charge in [-0.2, -0.15) is 0 Å². The van der Waals surface area contributed by atoms with Crippen LogP contribution in [0.5, 0.6) is 0 Å². The lowest BCUT2D eigenvalue weighted by Gasteiger charge is -2.13. The van der Waals surface area contributed by atoms with Crippen LogP contribution in [0.25, 0.3) is 33.4 Å². The molecular formula is C24H17B. The predicted molar refractivity (Wildman–Crippen MR) is 108 cm³/mol. The molecule has 0 aromatic heterocycles. The molecule has 0 atom stereocenters. The quantitative estimate of drug-likeness (QED) is 0.439. The Morgan fingerprint density at radius 3 is 1.52 bits per heavy atom. The molecule has 0 nitrogen and oxygen atoms in total. The molecule has 116 valence electrons. The van der Waals surface area contributed by atoms with Crippen molar-refractivity contribution in [2.75, 3.05) is 0 Å². The normalized spacial score (nSPS) is 10.6. The maximum Gasteiger partial charge on any atom is 0.114 e. The van der Waals surface area contributed by atoms with Crippen molar-refractivity contribution in [3.8, 4) is 33.4 Å². The Labute approximate surface area is 150 Å². The molecular weight excluding hydrogens is 299 g/mol. The van der Waals surface area contributed by atoms with Gasteiger partial charge >= 0.3 is 0 Å². The summed E-state index contributed by atoms with van der Waals surface area (Å²) >= 11 is 0. The van der Waals surface area contributed by atoms with Gasteiger partial charge in [0.15, 0.2) is 0 Å². The third kappa shape index (κ3) is 3.14. The Morgan fingerprint density at radius 1 is 0.360 bits per heavy atom. The van der Waals surface area contributed by atoms with Crippen LogP contribution in [0.4, 0.5) is 0 Å². The van der Waals surface area contributed by atoms with Gasteiger partial charge in [0.2, 0.25) is 0 Å². The predicted octanol–water partition coefficient (Wildman–Crippen LogP) is 5.48. The minimum Gasteiger partial charge on any atom is -0.0890 e. The molecule has 4 rings (SSSR count). The van der Waals surface area contributed by atoms with E-state index in [1.54, 1.807) is 0 Å². The van der Waals surface area contributed by atoms with Crippen molar-refractivity contribution in [3.63, 3.8) is 0 Å². The molecule has 0 aliphatic heterocycles. The summed E-state index contributed by atoms with van der Waals surface area (Å²) in [5.41, 5.74) is 7.88. The summed E-state index contributed by atoms with van der Waals surface area (Å²) in [6.07, 6.45) is 0. The lowest BCUT2D eigenvalue weighted by atomic mass is 9.84. The summed E-state index contributed by atoms with van der Waals surface area (Å²) in [6.45, 7) is 0. The van der Waals surface area contributed by atoms with Gasteiger partial charge in [-0.3, -0.25) is 0 Å². The lowest BCUT2D eigenvalue weighted by molar-refractivity contribution is 1.58. The van der Waals surface area contributed by atoms with E-state index in [-0.39, 0.29) is 0 Å². The van der Waals surface area contributed by atoms with Gasteiger partial charge in [0, 0.05) is 0 Å². The fourth-order valence-corrected chi connectivity index (χ4v) is 3.18. The zero-order valence-electron chi connectivity index (χ0n) is 13.9. The number of rotatable bonds is 3. The Balaban J connectivity index is 1.78. The van der Waals surface area contributed by atoms with E-state index < -0.39 is 0 Å². The van der Waals surface area contributed by atoms with Crippen LogP contribution >= 0.6 is 0 Å². The molecule has 0 saturated carbocycles. The molecule has 0 aliphatic rings. The fourth-order valence-electron chi connectivity index (χ4n) is 3.18. The van der Waals surface area contributed by atoms with E-state index in [1.807, 2.05) is 24.3 Å². The summed E-state index contributed by atoms with van der Waals surface area (Å²) in [7, 11) is 6.20. The molecule has 0 unspecified atom stereocenters. The van der Waals surface area contributed by atoms with Crippen molar-refractivity contribution >= 4 is 13.3 Å². The van der Waals surface area contributed by atoms with Gasteiger partial charge < -0.3 is 0 Å². The average molecular weight is 316 g/mol. The second-order valence-corrected chi connectivity index (χ2v) is 6.08. The lowest BCUT2D eigenvalue weighted by Crippen LogP contribution is -2.06. The second-order valence-electron chi connectivity index (χ2n) is 6.08. The number of hydrogen-bond acceptors (Lipinski definition) is 0. The van der Waals surface area contributed by atoms with Gasteiger partial charge in [-0.1, -0.05) is 109 Å². The molecule has 0 N–H and O–H groups in total. The summed E-state index contributed by atoms with van der Waals surface area (Å²) in [4.78, 5) is 0. The molecule has 25 heavy (non-hydrogen) atoms. The second kappa shape index (κ2) is 6.82. The van der Waals surface area contributed by atoms with Crippen LogP contribution in [0.15, 0.2) is 103 Å². The summed E-state index contributed by atoms with van der Waals surface area (Å²) in [6, 6.07) is 35.6. The van der Waals surface area contributed by atoms with Gasteiger partial charge in [0.05, 0.1) is 0 Å². The van der Waals surface area contributed by atoms with E-state index in [2.05, 4.69) is 78.9 Å². The Kier molecular flexibility index (Phi) is 4.22. The van der Waals surface area contributed by atoms with Crippen molar-refractivity contribution < 1.29 is 0 Å². The van der Waals surface area contributed by atoms with Crippen LogP contribution in [0.3, 0.4) is 0 Å². The van der Waals surface area contributed by atoms with Crippen molar-refractivity contribution in [2.24, 2.45) is 0 Å². The number of hydrogen-bond donors (Lipinski definition) is 0. The first-order valence-corrected chi connectivity index (χ1v) is 8.43. The van der Waals surface area contributed by atoms with Crippen LogP contribution in [0, 0.1) is 0 Å². The maximum atomic E-state index is 6.20. The van der Waals surface area contributed by atoms with Gasteiger partial charge in [0.25, 0.3) is 0 Å². The first-order chi connectivity index (χ1) is 12.3. The van der Waals surface area contributed by atoms with Crippen molar-refractivity contribution in [2.45, 2.75) is 0 Å². The van der Waals surface area contributed by atoms with E-state index >= 15 is 0 Å². The molecule has 0 amide bonds. The highest BCUT2D eigenvalue weighted by Crippen LogP contribution is 2.32. The molecule has 0 fully saturated rings. The summed E-state index contributed by atoms with van der Waals surface area (Å²) in [5, 5.41) is 0. The van der Waals surface area contributed by atoms with Crippen molar-refractivity contribution in [3.05, 3.63) is 103 Å². The highest BCUT2D eigenvalue weighted by atomic mass is 14.1. The average Bonchev–Trinajstić information content (AvgIpc) is 2.69. The fraction of sp³-hybridized carbons (Fsp3) is 0. The maximum absolute atomic E-state index is 6.20. The summed E-state index contributed by atoms with van der Waals surface area (Å²) < 4.78 is 0. The zero-order valence-corrected chi connectivity index (χ0v) is 13.9. The zero-order chi connectivity index (χ0) is 17.1. The standard InChI is InChI=1S/C24H17B/c25-24-13-7-6-12-23(24)22-11-5-4-10-21(22)20-16-14-19(15-17-20)18-8-2-1-3-9-18/h1-17H. The van der Waals surface area contributed by atoms with Crippen LogP contribution in [0.1, 0.15) is 0 Å². The van der Waals surface area contributed by atoms with E-state index in [1.165, 1.54) is 22.3 Å². The van der Waals surface area contributed by atoms with Crippen LogP contribution < -0.4 is 5.46 Å². The minimum absolute atomic E-state index is 0.802. The Morgan fingerprint density at radius 2 is 0.840 bits per heavy atom. The SMILES string of the molecule is [B]c1ccccc1-c1ccccc1-c1ccc(-c2ccccc2)cc1. The minimum atomic E-state index is 0.802. The highest BCUT2D eigenvalue weighted by molar-refractivity contribution is 6.36. The monoisotopic (exact) mass is 316 g/mol. The van der Waals surface area contributed by atoms with E-state index in [9.17, 15) is 0 Å². The molecule has 0 saturated heterocycles. The van der Waals surface area contributed by atoms with E-state index in [0.717, 1.165) is 16.6 Å². The third-order valence-electron chi connectivity index (χ3n) is 4.48. The van der Waals surface area contributed by atoms with Gasteiger partial charge in [-0.05, 0) is 33.4 Å². The summed E-state index contributed by atoms with van der Waals surface area (Å²) in [5.74, 6) is 0. The number of benzene rings is 4. The molecule has 0 spiro atoms. The van der Waals surface area contributed by atoms with Crippen LogP contribution in [-0.2, 0) is 0 Å². The van der Waals surface area contributed by atoms with E-state index in [4.69, 9.17) is 7.85 Å². The molecule has 4 aromatic carbocycles. The first kappa shape index (κ1) is 15.5. The molecule has 4 aromatic rings. The molecule has 0 heterocycles. The molecule has 1 heteroatoms. The van der Waals surface area contributed by atoms with Crippen LogP contribution in [-0.4, -0.2) is 7.85 Å². The molecule has 0 aliphatic carbocycles. The van der Waals surface area contributed by atoms with Crippen LogP contribution in [0.2, 0.25) is 0 Å². The Bertz CT molecular complexity index is 986. The molecule has 0 bridgehead atoms.